The Hall–Kier alpha value is -4.45. The van der Waals surface area contributed by atoms with Crippen LogP contribution in [-0.4, -0.2) is 102 Å². The predicted molar refractivity (Wildman–Crippen MR) is 175 cm³/mol. The van der Waals surface area contributed by atoms with E-state index in [0.717, 1.165) is 57.5 Å². The molecule has 3 N–H and O–H groups in total. The summed E-state index contributed by atoms with van der Waals surface area (Å²) in [4.78, 5) is 56.4. The number of nitrogens with zero attached hydrogens (tertiary/aromatic N) is 7. The Kier molecular flexibility index (Phi) is 11.2. The van der Waals surface area contributed by atoms with Gasteiger partial charge in [-0.25, -0.2) is 9.97 Å². The first-order valence-corrected chi connectivity index (χ1v) is 15.9. The van der Waals surface area contributed by atoms with Gasteiger partial charge in [-0.1, -0.05) is 12.8 Å². The van der Waals surface area contributed by atoms with Crippen molar-refractivity contribution < 1.29 is 14.3 Å². The number of carbonyl (C=O) groups is 2. The molecule has 14 nitrogen and oxygen atoms in total. The summed E-state index contributed by atoms with van der Waals surface area (Å²) in [6, 6.07) is 5.89. The first-order chi connectivity index (χ1) is 22.4. The van der Waals surface area contributed by atoms with Crippen LogP contribution in [0.2, 0.25) is 0 Å². The van der Waals surface area contributed by atoms with Crippen LogP contribution in [0.4, 0.5) is 17.5 Å². The van der Waals surface area contributed by atoms with Crippen molar-refractivity contribution in [2.75, 3.05) is 75.8 Å². The molecule has 46 heavy (non-hydrogen) atoms. The van der Waals surface area contributed by atoms with Crippen LogP contribution in [0.5, 0.6) is 0 Å². The minimum atomic E-state index is -0.278. The quantitative estimate of drug-likeness (QED) is 0.135. The van der Waals surface area contributed by atoms with Crippen molar-refractivity contribution in [1.29, 1.82) is 5.26 Å². The van der Waals surface area contributed by atoms with Gasteiger partial charge in [0.25, 0.3) is 5.56 Å². The number of rotatable bonds is 14. The number of pyridine rings is 2. The molecule has 14 heteroatoms. The Bertz CT molecular complexity index is 1620. The summed E-state index contributed by atoms with van der Waals surface area (Å²) < 4.78 is 7.14. The van der Waals surface area contributed by atoms with Crippen molar-refractivity contribution in [3.8, 4) is 6.07 Å². The van der Waals surface area contributed by atoms with E-state index in [2.05, 4.69) is 35.7 Å². The van der Waals surface area contributed by atoms with Crippen LogP contribution in [0, 0.1) is 18.3 Å². The summed E-state index contributed by atoms with van der Waals surface area (Å²) in [5.41, 5.74) is 2.07. The number of ether oxygens (including phenoxy) is 1. The van der Waals surface area contributed by atoms with Crippen LogP contribution < -0.4 is 26.4 Å². The third kappa shape index (κ3) is 8.03. The van der Waals surface area contributed by atoms with Gasteiger partial charge in [0.15, 0.2) is 5.78 Å². The molecule has 1 saturated carbocycles. The van der Waals surface area contributed by atoms with Gasteiger partial charge in [-0.2, -0.15) is 10.2 Å². The lowest BCUT2D eigenvalue weighted by Crippen LogP contribution is -2.49. The van der Waals surface area contributed by atoms with E-state index in [1.807, 2.05) is 18.2 Å². The van der Waals surface area contributed by atoms with Gasteiger partial charge in [0.2, 0.25) is 11.9 Å². The van der Waals surface area contributed by atoms with E-state index in [9.17, 15) is 14.4 Å². The molecule has 2 aliphatic rings. The third-order valence-corrected chi connectivity index (χ3v) is 8.54. The zero-order valence-corrected chi connectivity index (χ0v) is 26.5. The lowest BCUT2D eigenvalue weighted by Gasteiger charge is -2.35. The van der Waals surface area contributed by atoms with Crippen molar-refractivity contribution in [2.24, 2.45) is 0 Å². The SMILES string of the molecule is CC(=O)c1c(C)c2cnc(Nc3ccc(N4CCN(CC(=O)NCCOCCNCC#N)CC4)cn3)nc2n(C2CCCC2)c1=O. The molecule has 4 heterocycles. The topological polar surface area (TPSA) is 170 Å². The van der Waals surface area contributed by atoms with E-state index in [-0.39, 0.29) is 28.9 Å². The molecular weight excluding hydrogens is 588 g/mol. The monoisotopic (exact) mass is 630 g/mol. The number of nitrogens with one attached hydrogen (secondary N) is 3. The van der Waals surface area contributed by atoms with Gasteiger partial charge in [-0.3, -0.25) is 23.9 Å². The van der Waals surface area contributed by atoms with Crippen LogP contribution in [0.15, 0.2) is 29.3 Å². The molecule has 244 valence electrons. The number of ketones is 1. The Morgan fingerprint density at radius 2 is 1.83 bits per heavy atom. The number of carbonyl (C=O) groups excluding carboxylic acids is 2. The van der Waals surface area contributed by atoms with Gasteiger partial charge < -0.3 is 25.6 Å². The van der Waals surface area contributed by atoms with E-state index >= 15 is 0 Å². The molecule has 0 atom stereocenters. The average molecular weight is 631 g/mol. The Balaban J connectivity index is 1.14. The molecule has 1 aliphatic heterocycles. The lowest BCUT2D eigenvalue weighted by atomic mass is 10.0. The van der Waals surface area contributed by atoms with Crippen LogP contribution in [-0.2, 0) is 9.53 Å². The standard InChI is InChI=1S/C32H42N10O4/c1-22-26-20-37-32(39-30(26)42(24-5-3-4-6-24)31(45)29(22)23(2)43)38-27-8-7-25(19-36-27)41-15-13-40(14-16-41)21-28(44)35-12-18-46-17-11-34-10-9-33/h7-8,19-20,24,34H,3-6,10-18,21H2,1-2H3,(H,35,44)(H,36,37,38,39). The molecule has 1 aliphatic carbocycles. The number of fused-ring (bicyclic) bond motifs is 1. The molecule has 0 radical (unpaired) electrons. The maximum absolute atomic E-state index is 13.5. The summed E-state index contributed by atoms with van der Waals surface area (Å²) >= 11 is 0. The molecular formula is C32H42N10O4. The van der Waals surface area contributed by atoms with Gasteiger partial charge in [-0.05, 0) is 44.4 Å². The third-order valence-electron chi connectivity index (χ3n) is 8.54. The van der Waals surface area contributed by atoms with E-state index < -0.39 is 0 Å². The van der Waals surface area contributed by atoms with Gasteiger partial charge in [0.05, 0.1) is 49.8 Å². The highest BCUT2D eigenvalue weighted by Gasteiger charge is 2.26. The second kappa shape index (κ2) is 15.7. The highest BCUT2D eigenvalue weighted by atomic mass is 16.5. The highest BCUT2D eigenvalue weighted by molar-refractivity contribution is 5.99. The largest absolute Gasteiger partial charge is 0.378 e. The Morgan fingerprint density at radius 1 is 1.07 bits per heavy atom. The number of hydrogen-bond donors (Lipinski definition) is 3. The zero-order chi connectivity index (χ0) is 32.5. The van der Waals surface area contributed by atoms with Gasteiger partial charge in [0.1, 0.15) is 11.5 Å². The number of nitriles is 1. The van der Waals surface area contributed by atoms with Gasteiger partial charge >= 0.3 is 0 Å². The van der Waals surface area contributed by atoms with Crippen LogP contribution in [0.25, 0.3) is 11.0 Å². The van der Waals surface area contributed by atoms with E-state index in [0.29, 0.717) is 67.8 Å². The number of Topliss-reactive ketones (excluding diaryl/α,β-unsaturated/α-hetero) is 1. The summed E-state index contributed by atoms with van der Waals surface area (Å²) in [5, 5.41) is 18.2. The van der Waals surface area contributed by atoms with Crippen molar-refractivity contribution in [2.45, 2.75) is 45.6 Å². The van der Waals surface area contributed by atoms with Crippen molar-refractivity contribution in [3.63, 3.8) is 0 Å². The fraction of sp³-hybridized carbons (Fsp3) is 0.531. The second-order valence-electron chi connectivity index (χ2n) is 11.7. The molecule has 0 spiro atoms. The maximum Gasteiger partial charge on any atom is 0.263 e. The fourth-order valence-electron chi connectivity index (χ4n) is 6.15. The lowest BCUT2D eigenvalue weighted by molar-refractivity contribution is -0.122. The first kappa shape index (κ1) is 32.9. The molecule has 1 saturated heterocycles. The summed E-state index contributed by atoms with van der Waals surface area (Å²) in [6.45, 7) is 8.90. The molecule has 0 unspecified atom stereocenters. The predicted octanol–water partition coefficient (Wildman–Crippen LogP) is 1.92. The van der Waals surface area contributed by atoms with Crippen molar-refractivity contribution >= 4 is 40.2 Å². The number of hydrogen-bond acceptors (Lipinski definition) is 12. The maximum atomic E-state index is 13.5. The fourth-order valence-corrected chi connectivity index (χ4v) is 6.15. The van der Waals surface area contributed by atoms with Crippen molar-refractivity contribution in [3.05, 3.63) is 46.0 Å². The molecule has 3 aromatic heterocycles. The molecule has 2 fully saturated rings. The summed E-state index contributed by atoms with van der Waals surface area (Å²) in [6.07, 6.45) is 7.33. The summed E-state index contributed by atoms with van der Waals surface area (Å²) in [5.74, 6) is 0.639. The smallest absolute Gasteiger partial charge is 0.263 e. The van der Waals surface area contributed by atoms with Crippen LogP contribution in [0.1, 0.15) is 54.6 Å². The van der Waals surface area contributed by atoms with Gasteiger partial charge in [0, 0.05) is 56.9 Å². The van der Waals surface area contributed by atoms with Crippen LogP contribution in [0.3, 0.4) is 0 Å². The number of amides is 1. The highest BCUT2D eigenvalue weighted by Crippen LogP contribution is 2.32. The number of aryl methyl sites for hydroxylation is 1. The normalized spacial score (nSPS) is 15.6. The number of anilines is 3. The molecule has 5 rings (SSSR count). The average Bonchev–Trinajstić information content (AvgIpc) is 3.57. The van der Waals surface area contributed by atoms with Gasteiger partial charge in [-0.15, -0.1) is 0 Å². The summed E-state index contributed by atoms with van der Waals surface area (Å²) in [7, 11) is 0. The minimum Gasteiger partial charge on any atom is -0.378 e. The number of aromatic nitrogens is 4. The Morgan fingerprint density at radius 3 is 2.52 bits per heavy atom. The van der Waals surface area contributed by atoms with Crippen LogP contribution >= 0.6 is 0 Å². The molecule has 1 amide bonds. The minimum absolute atomic E-state index is 0.0121. The van der Waals surface area contributed by atoms with E-state index in [1.54, 1.807) is 23.9 Å². The zero-order valence-electron chi connectivity index (χ0n) is 26.5. The second-order valence-corrected chi connectivity index (χ2v) is 11.7. The molecule has 3 aromatic rings. The number of piperazine rings is 1. The Labute approximate surface area is 268 Å². The van der Waals surface area contributed by atoms with Crippen molar-refractivity contribution in [1.82, 2.24) is 35.1 Å². The van der Waals surface area contributed by atoms with E-state index in [1.165, 1.54) is 6.92 Å². The molecule has 0 aromatic carbocycles. The molecule has 0 bridgehead atoms. The first-order valence-electron chi connectivity index (χ1n) is 15.9. The van der Waals surface area contributed by atoms with E-state index in [4.69, 9.17) is 15.0 Å².